The molecule has 0 fully saturated rings. The van der Waals surface area contributed by atoms with E-state index in [9.17, 15) is 9.59 Å². The molecule has 0 heterocycles. The number of rotatable bonds is 4. The summed E-state index contributed by atoms with van der Waals surface area (Å²) in [5.74, 6) is -0.879. The zero-order chi connectivity index (χ0) is 17.0. The molecule has 0 saturated carbocycles. The number of ether oxygens (including phenoxy) is 1. The van der Waals surface area contributed by atoms with Gasteiger partial charge in [-0.05, 0) is 50.6 Å². The van der Waals surface area contributed by atoms with E-state index in [1.807, 2.05) is 32.9 Å². The van der Waals surface area contributed by atoms with Crippen LogP contribution >= 0.6 is 15.9 Å². The van der Waals surface area contributed by atoms with E-state index in [-0.39, 0.29) is 12.5 Å². The smallest absolute Gasteiger partial charge is 0.338 e. The van der Waals surface area contributed by atoms with Crippen LogP contribution in [0.15, 0.2) is 40.9 Å². The largest absolute Gasteiger partial charge is 0.452 e. The van der Waals surface area contributed by atoms with E-state index in [0.717, 1.165) is 21.2 Å². The van der Waals surface area contributed by atoms with E-state index in [1.54, 1.807) is 24.3 Å². The van der Waals surface area contributed by atoms with Crippen LogP contribution in [0.1, 0.15) is 27.0 Å². The van der Waals surface area contributed by atoms with Gasteiger partial charge in [0.15, 0.2) is 6.61 Å². The number of esters is 1. The fourth-order valence-electron chi connectivity index (χ4n) is 2.17. The second-order valence-corrected chi connectivity index (χ2v) is 6.32. The highest BCUT2D eigenvalue weighted by atomic mass is 79.9. The van der Waals surface area contributed by atoms with E-state index in [0.29, 0.717) is 11.3 Å². The average Bonchev–Trinajstić information content (AvgIpc) is 2.47. The molecule has 0 aliphatic rings. The number of hydrogen-bond acceptors (Lipinski definition) is 3. The number of carbonyl (C=O) groups excluding carboxylic acids is 2. The van der Waals surface area contributed by atoms with Crippen LogP contribution in [0.4, 0.5) is 5.69 Å². The van der Waals surface area contributed by atoms with E-state index >= 15 is 0 Å². The van der Waals surface area contributed by atoms with E-state index in [4.69, 9.17) is 4.74 Å². The number of aryl methyl sites for hydroxylation is 3. The number of benzene rings is 2. The molecule has 5 heteroatoms. The van der Waals surface area contributed by atoms with Gasteiger partial charge in [-0.25, -0.2) is 4.79 Å². The van der Waals surface area contributed by atoms with Gasteiger partial charge < -0.3 is 10.1 Å². The lowest BCUT2D eigenvalue weighted by Crippen LogP contribution is -2.21. The Balaban J connectivity index is 1.93. The molecule has 0 aromatic heterocycles. The monoisotopic (exact) mass is 375 g/mol. The Bertz CT molecular complexity index is 736. The lowest BCUT2D eigenvalue weighted by molar-refractivity contribution is -0.119. The van der Waals surface area contributed by atoms with Gasteiger partial charge in [0.25, 0.3) is 5.91 Å². The van der Waals surface area contributed by atoms with Crippen LogP contribution in [0.3, 0.4) is 0 Å². The molecular formula is C18H18BrNO3. The normalized spacial score (nSPS) is 10.3. The second kappa shape index (κ2) is 7.42. The standard InChI is InChI=1S/C18H18BrNO3/c1-11-6-12(2)8-14(7-11)18(22)23-10-17(21)20-15-5-4-13(3)16(19)9-15/h4-9H,10H2,1-3H3,(H,20,21). The maximum atomic E-state index is 12.0. The van der Waals surface area contributed by atoms with Crippen molar-refractivity contribution in [2.75, 3.05) is 11.9 Å². The van der Waals surface area contributed by atoms with Gasteiger partial charge in [0.05, 0.1) is 5.56 Å². The Morgan fingerprint density at radius 3 is 2.30 bits per heavy atom. The predicted molar refractivity (Wildman–Crippen MR) is 93.7 cm³/mol. The maximum absolute atomic E-state index is 12.0. The van der Waals surface area contributed by atoms with Crippen LogP contribution in [0.25, 0.3) is 0 Å². The van der Waals surface area contributed by atoms with Crippen molar-refractivity contribution in [2.24, 2.45) is 0 Å². The molecule has 23 heavy (non-hydrogen) atoms. The molecule has 0 aliphatic carbocycles. The molecule has 0 spiro atoms. The third-order valence-electron chi connectivity index (χ3n) is 3.25. The van der Waals surface area contributed by atoms with E-state index in [1.165, 1.54) is 0 Å². The van der Waals surface area contributed by atoms with Gasteiger partial charge >= 0.3 is 5.97 Å². The summed E-state index contributed by atoms with van der Waals surface area (Å²) in [6, 6.07) is 10.9. The molecular weight excluding hydrogens is 358 g/mol. The third-order valence-corrected chi connectivity index (χ3v) is 4.10. The molecule has 1 amide bonds. The fourth-order valence-corrected chi connectivity index (χ4v) is 2.55. The van der Waals surface area contributed by atoms with Crippen LogP contribution in [-0.2, 0) is 9.53 Å². The van der Waals surface area contributed by atoms with E-state index in [2.05, 4.69) is 21.2 Å². The number of nitrogens with one attached hydrogen (secondary N) is 1. The van der Waals surface area contributed by atoms with Gasteiger partial charge in [0.1, 0.15) is 0 Å². The van der Waals surface area contributed by atoms with Gasteiger partial charge in [0.2, 0.25) is 0 Å². The maximum Gasteiger partial charge on any atom is 0.338 e. The zero-order valence-corrected chi connectivity index (χ0v) is 14.9. The summed E-state index contributed by atoms with van der Waals surface area (Å²) in [6.45, 7) is 5.45. The van der Waals surface area contributed by atoms with Crippen LogP contribution in [0.2, 0.25) is 0 Å². The van der Waals surface area contributed by atoms with Crippen molar-refractivity contribution >= 4 is 33.5 Å². The highest BCUT2D eigenvalue weighted by Gasteiger charge is 2.11. The Labute approximate surface area is 144 Å². The Morgan fingerprint density at radius 2 is 1.70 bits per heavy atom. The number of hydrogen-bond donors (Lipinski definition) is 1. The van der Waals surface area contributed by atoms with Crippen LogP contribution < -0.4 is 5.32 Å². The third kappa shape index (κ3) is 4.93. The quantitative estimate of drug-likeness (QED) is 0.815. The molecule has 0 atom stereocenters. The van der Waals surface area contributed by atoms with Gasteiger partial charge in [-0.2, -0.15) is 0 Å². The first-order valence-electron chi connectivity index (χ1n) is 7.16. The van der Waals surface area contributed by atoms with Crippen molar-refractivity contribution in [3.8, 4) is 0 Å². The van der Waals surface area contributed by atoms with E-state index < -0.39 is 5.97 Å². The van der Waals surface area contributed by atoms with Gasteiger partial charge in [0, 0.05) is 10.2 Å². The Morgan fingerprint density at radius 1 is 1.04 bits per heavy atom. The summed E-state index contributed by atoms with van der Waals surface area (Å²) in [6.07, 6.45) is 0. The van der Waals surface area contributed by atoms with Crippen molar-refractivity contribution in [1.82, 2.24) is 0 Å². The molecule has 0 unspecified atom stereocenters. The summed E-state index contributed by atoms with van der Waals surface area (Å²) in [5.41, 5.74) is 4.13. The minimum Gasteiger partial charge on any atom is -0.452 e. The lowest BCUT2D eigenvalue weighted by Gasteiger charge is -2.08. The molecule has 1 N–H and O–H groups in total. The Kier molecular flexibility index (Phi) is 5.55. The van der Waals surface area contributed by atoms with Crippen LogP contribution in [-0.4, -0.2) is 18.5 Å². The molecule has 2 aromatic carbocycles. The van der Waals surface area contributed by atoms with Crippen molar-refractivity contribution in [1.29, 1.82) is 0 Å². The minimum atomic E-state index is -0.503. The molecule has 0 aliphatic heterocycles. The molecule has 4 nitrogen and oxygen atoms in total. The van der Waals surface area contributed by atoms with Crippen molar-refractivity contribution in [3.05, 3.63) is 63.1 Å². The number of carbonyl (C=O) groups is 2. The number of amides is 1. The molecule has 0 bridgehead atoms. The van der Waals surface area contributed by atoms with Crippen LogP contribution in [0.5, 0.6) is 0 Å². The second-order valence-electron chi connectivity index (χ2n) is 5.46. The van der Waals surface area contributed by atoms with Gasteiger partial charge in [-0.15, -0.1) is 0 Å². The van der Waals surface area contributed by atoms with Crippen LogP contribution in [0, 0.1) is 20.8 Å². The van der Waals surface area contributed by atoms with Crippen molar-refractivity contribution in [2.45, 2.75) is 20.8 Å². The van der Waals surface area contributed by atoms with Crippen molar-refractivity contribution in [3.63, 3.8) is 0 Å². The number of halogens is 1. The lowest BCUT2D eigenvalue weighted by atomic mass is 10.1. The summed E-state index contributed by atoms with van der Waals surface area (Å²) >= 11 is 3.41. The SMILES string of the molecule is Cc1cc(C)cc(C(=O)OCC(=O)Nc2ccc(C)c(Br)c2)c1. The Hall–Kier alpha value is -2.14. The van der Waals surface area contributed by atoms with Gasteiger partial charge in [-0.3, -0.25) is 4.79 Å². The summed E-state index contributed by atoms with van der Waals surface area (Å²) in [7, 11) is 0. The first-order chi connectivity index (χ1) is 10.8. The zero-order valence-electron chi connectivity index (χ0n) is 13.3. The summed E-state index contributed by atoms with van der Waals surface area (Å²) in [4.78, 5) is 23.9. The fraction of sp³-hybridized carbons (Fsp3) is 0.222. The molecule has 2 aromatic rings. The molecule has 120 valence electrons. The van der Waals surface area contributed by atoms with Gasteiger partial charge in [-0.1, -0.05) is 39.2 Å². The highest BCUT2D eigenvalue weighted by Crippen LogP contribution is 2.20. The highest BCUT2D eigenvalue weighted by molar-refractivity contribution is 9.10. The number of anilines is 1. The molecule has 0 radical (unpaired) electrons. The first kappa shape index (κ1) is 17.2. The average molecular weight is 376 g/mol. The predicted octanol–water partition coefficient (Wildman–Crippen LogP) is 4.17. The topological polar surface area (TPSA) is 55.4 Å². The minimum absolute atomic E-state index is 0.322. The summed E-state index contributed by atoms with van der Waals surface area (Å²) < 4.78 is 5.97. The molecule has 2 rings (SSSR count). The summed E-state index contributed by atoms with van der Waals surface area (Å²) in [5, 5.41) is 2.69. The van der Waals surface area contributed by atoms with Crippen molar-refractivity contribution < 1.29 is 14.3 Å². The first-order valence-corrected chi connectivity index (χ1v) is 7.96. The molecule has 0 saturated heterocycles.